The summed E-state index contributed by atoms with van der Waals surface area (Å²) >= 11 is 0. The first-order chi connectivity index (χ1) is 12.8. The highest BCUT2D eigenvalue weighted by atomic mass is 19.4. The zero-order valence-corrected chi connectivity index (χ0v) is 14.4. The molecule has 1 N–H and O–H groups in total. The minimum absolute atomic E-state index is 0.359. The molecule has 2 aromatic rings. The fourth-order valence-corrected chi connectivity index (χ4v) is 3.52. The Kier molecular flexibility index (Phi) is 5.51. The fourth-order valence-electron chi connectivity index (χ4n) is 3.52. The van der Waals surface area contributed by atoms with Crippen LogP contribution in [0.15, 0.2) is 48.5 Å². The first kappa shape index (κ1) is 19.4. The number of halogens is 4. The molecule has 1 unspecified atom stereocenters. The van der Waals surface area contributed by atoms with Crippen molar-refractivity contribution < 1.29 is 27.5 Å². The molecule has 1 atom stereocenters. The summed E-state index contributed by atoms with van der Waals surface area (Å²) in [6, 6.07) is 10.4. The van der Waals surface area contributed by atoms with E-state index in [1.807, 2.05) is 4.90 Å². The van der Waals surface area contributed by atoms with Crippen molar-refractivity contribution in [1.82, 2.24) is 4.90 Å². The zero-order chi connectivity index (χ0) is 19.6. The third-order valence-electron chi connectivity index (χ3n) is 4.98. The Morgan fingerprint density at radius 2 is 1.44 bits per heavy atom. The topological polar surface area (TPSA) is 40.5 Å². The molecule has 2 aromatic carbocycles. The summed E-state index contributed by atoms with van der Waals surface area (Å²) < 4.78 is 51.9. The first-order valence-electron chi connectivity index (χ1n) is 8.65. The summed E-state index contributed by atoms with van der Waals surface area (Å²) in [6.07, 6.45) is -3.48. The molecule has 3 nitrogen and oxygen atoms in total. The summed E-state index contributed by atoms with van der Waals surface area (Å²) in [7, 11) is 0. The molecule has 1 fully saturated rings. The van der Waals surface area contributed by atoms with Crippen LogP contribution >= 0.6 is 0 Å². The van der Waals surface area contributed by atoms with Crippen molar-refractivity contribution >= 4 is 5.97 Å². The van der Waals surface area contributed by atoms with Gasteiger partial charge in [0.2, 0.25) is 0 Å². The molecule has 1 aliphatic rings. The largest absolute Gasteiger partial charge is 0.481 e. The lowest BCUT2D eigenvalue weighted by Gasteiger charge is -2.37. The van der Waals surface area contributed by atoms with Gasteiger partial charge in [0.15, 0.2) is 0 Å². The number of nitrogens with zero attached hydrogens (tertiary/aromatic N) is 1. The number of carboxylic acids is 1. The number of carboxylic acid groups (broad SMARTS) is 1. The average molecular weight is 381 g/mol. The number of hydrogen-bond donors (Lipinski definition) is 1. The van der Waals surface area contributed by atoms with Gasteiger partial charge in [-0.25, -0.2) is 4.39 Å². The van der Waals surface area contributed by atoms with E-state index in [-0.39, 0.29) is 6.04 Å². The highest BCUT2D eigenvalue weighted by Gasteiger charge is 2.32. The van der Waals surface area contributed by atoms with Crippen molar-refractivity contribution in [3.63, 3.8) is 0 Å². The summed E-state index contributed by atoms with van der Waals surface area (Å²) in [5.74, 6) is -1.64. The lowest BCUT2D eigenvalue weighted by atomic mass is 9.91. The van der Waals surface area contributed by atoms with Crippen molar-refractivity contribution in [2.24, 2.45) is 5.92 Å². The number of aliphatic carboxylic acids is 1. The molecule has 0 aliphatic carbocycles. The number of carbonyl (C=O) groups is 1. The Labute approximate surface area is 154 Å². The summed E-state index contributed by atoms with van der Waals surface area (Å²) in [5, 5.41) is 9.17. The monoisotopic (exact) mass is 381 g/mol. The van der Waals surface area contributed by atoms with Gasteiger partial charge in [0.25, 0.3) is 0 Å². The van der Waals surface area contributed by atoms with Gasteiger partial charge in [-0.1, -0.05) is 24.3 Å². The van der Waals surface area contributed by atoms with Crippen LogP contribution in [-0.2, 0) is 11.0 Å². The number of likely N-dealkylation sites (tertiary alicyclic amines) is 1. The van der Waals surface area contributed by atoms with Crippen LogP contribution in [-0.4, -0.2) is 29.1 Å². The van der Waals surface area contributed by atoms with Crippen molar-refractivity contribution in [2.75, 3.05) is 13.1 Å². The molecule has 0 bridgehead atoms. The fraction of sp³-hybridized carbons (Fsp3) is 0.350. The average Bonchev–Trinajstić information content (AvgIpc) is 2.64. The van der Waals surface area contributed by atoms with Crippen molar-refractivity contribution in [2.45, 2.75) is 25.1 Å². The molecular weight excluding hydrogens is 362 g/mol. The first-order valence-corrected chi connectivity index (χ1v) is 8.65. The molecule has 3 rings (SSSR count). The van der Waals surface area contributed by atoms with E-state index in [9.17, 15) is 22.4 Å². The smallest absolute Gasteiger partial charge is 0.416 e. The second-order valence-electron chi connectivity index (χ2n) is 6.72. The summed E-state index contributed by atoms with van der Waals surface area (Å²) in [5.41, 5.74) is 0.682. The molecule has 1 aliphatic heterocycles. The Balaban J connectivity index is 1.91. The summed E-state index contributed by atoms with van der Waals surface area (Å²) in [6.45, 7) is 1.00. The number of hydrogen-bond acceptors (Lipinski definition) is 2. The maximum absolute atomic E-state index is 13.3. The highest BCUT2D eigenvalue weighted by Crippen LogP contribution is 2.35. The minimum atomic E-state index is -4.41. The molecule has 7 heteroatoms. The van der Waals surface area contributed by atoms with Crippen molar-refractivity contribution in [1.29, 1.82) is 0 Å². The standard InChI is InChI=1S/C20H19F4NO2/c21-17-7-3-14(4-8-17)18(25-11-9-15(10-12-25)19(26)27)13-1-5-16(6-2-13)20(22,23)24/h1-8,15,18H,9-12H2,(H,26,27). The van der Waals surface area contributed by atoms with Gasteiger partial charge in [-0.05, 0) is 61.3 Å². The maximum atomic E-state index is 13.3. The maximum Gasteiger partial charge on any atom is 0.416 e. The second kappa shape index (κ2) is 7.68. The van der Waals surface area contributed by atoms with E-state index in [0.717, 1.165) is 17.7 Å². The Bertz CT molecular complexity index is 779. The van der Waals surface area contributed by atoms with Gasteiger partial charge >= 0.3 is 12.1 Å². The van der Waals surface area contributed by atoms with E-state index in [0.29, 0.717) is 31.5 Å². The third kappa shape index (κ3) is 4.47. The van der Waals surface area contributed by atoms with Gasteiger partial charge < -0.3 is 5.11 Å². The predicted octanol–water partition coefficient (Wildman–Crippen LogP) is 4.73. The second-order valence-corrected chi connectivity index (χ2v) is 6.72. The van der Waals surface area contributed by atoms with Gasteiger partial charge in [-0.15, -0.1) is 0 Å². The predicted molar refractivity (Wildman–Crippen MR) is 91.6 cm³/mol. The van der Waals surface area contributed by atoms with Crippen LogP contribution in [0, 0.1) is 11.7 Å². The minimum Gasteiger partial charge on any atom is -0.481 e. The van der Waals surface area contributed by atoms with Crippen molar-refractivity contribution in [3.05, 3.63) is 71.0 Å². The molecule has 0 radical (unpaired) electrons. The van der Waals surface area contributed by atoms with Crippen LogP contribution in [0.25, 0.3) is 0 Å². The molecule has 1 heterocycles. The van der Waals surface area contributed by atoms with Gasteiger partial charge in [-0.2, -0.15) is 13.2 Å². The SMILES string of the molecule is O=C(O)C1CCN(C(c2ccc(F)cc2)c2ccc(C(F)(F)F)cc2)CC1. The van der Waals surface area contributed by atoms with Gasteiger partial charge in [0, 0.05) is 0 Å². The van der Waals surface area contributed by atoms with E-state index < -0.39 is 29.4 Å². The van der Waals surface area contributed by atoms with E-state index in [1.54, 1.807) is 12.1 Å². The highest BCUT2D eigenvalue weighted by molar-refractivity contribution is 5.70. The molecule has 27 heavy (non-hydrogen) atoms. The van der Waals surface area contributed by atoms with Crippen molar-refractivity contribution in [3.8, 4) is 0 Å². The quantitative estimate of drug-likeness (QED) is 0.779. The van der Waals surface area contributed by atoms with E-state index >= 15 is 0 Å². The molecular formula is C20H19F4NO2. The van der Waals surface area contributed by atoms with Crippen LogP contribution < -0.4 is 0 Å². The Hall–Kier alpha value is -2.41. The molecule has 0 aromatic heterocycles. The van der Waals surface area contributed by atoms with Crippen LogP contribution in [0.2, 0.25) is 0 Å². The van der Waals surface area contributed by atoms with E-state index in [2.05, 4.69) is 0 Å². The van der Waals surface area contributed by atoms with Crippen LogP contribution in [0.4, 0.5) is 17.6 Å². The van der Waals surface area contributed by atoms with Crippen LogP contribution in [0.3, 0.4) is 0 Å². The molecule has 0 spiro atoms. The lowest BCUT2D eigenvalue weighted by molar-refractivity contribution is -0.143. The van der Waals surface area contributed by atoms with Gasteiger partial charge in [0.05, 0.1) is 17.5 Å². The summed E-state index contributed by atoms with van der Waals surface area (Å²) in [4.78, 5) is 13.2. The molecule has 1 saturated heterocycles. The normalized spacial score (nSPS) is 17.6. The number of rotatable bonds is 4. The zero-order valence-electron chi connectivity index (χ0n) is 14.4. The molecule has 0 amide bonds. The molecule has 0 saturated carbocycles. The lowest BCUT2D eigenvalue weighted by Crippen LogP contribution is -2.39. The Morgan fingerprint density at radius 1 is 0.963 bits per heavy atom. The van der Waals surface area contributed by atoms with Crippen LogP contribution in [0.1, 0.15) is 35.6 Å². The third-order valence-corrected chi connectivity index (χ3v) is 4.98. The van der Waals surface area contributed by atoms with E-state index in [4.69, 9.17) is 5.11 Å². The number of benzene rings is 2. The number of alkyl halides is 3. The molecule has 144 valence electrons. The Morgan fingerprint density at radius 3 is 1.89 bits per heavy atom. The van der Waals surface area contributed by atoms with Gasteiger partial charge in [-0.3, -0.25) is 9.69 Å². The van der Waals surface area contributed by atoms with Gasteiger partial charge in [0.1, 0.15) is 5.82 Å². The number of piperidine rings is 1. The van der Waals surface area contributed by atoms with E-state index in [1.165, 1.54) is 24.3 Å². The van der Waals surface area contributed by atoms with Crippen LogP contribution in [0.5, 0.6) is 0 Å².